The van der Waals surface area contributed by atoms with Crippen LogP contribution in [0, 0.1) is 20.8 Å². The summed E-state index contributed by atoms with van der Waals surface area (Å²) in [4.78, 5) is 18.4. The van der Waals surface area contributed by atoms with Crippen LogP contribution in [0.25, 0.3) is 22.1 Å². The number of aromatic nitrogens is 2. The zero-order chi connectivity index (χ0) is 22.9. The molecule has 0 radical (unpaired) electrons. The summed E-state index contributed by atoms with van der Waals surface area (Å²) < 4.78 is 14.2. The van der Waals surface area contributed by atoms with Crippen molar-refractivity contribution in [2.45, 2.75) is 20.8 Å². The lowest BCUT2D eigenvalue weighted by Crippen LogP contribution is -2.22. The largest absolute Gasteiger partial charge is 0.490 e. The number of nitrogens with zero attached hydrogens (tertiary/aromatic N) is 2. The molecule has 5 aromatic rings. The zero-order valence-corrected chi connectivity index (χ0v) is 19.6. The maximum atomic E-state index is 13.1. The number of fused-ring (bicyclic) bond motifs is 3. The van der Waals surface area contributed by atoms with Gasteiger partial charge in [0.2, 0.25) is 0 Å². The molecular formula is C27H24N2O3S. The van der Waals surface area contributed by atoms with Gasteiger partial charge in [-0.1, -0.05) is 41.2 Å². The Bertz CT molecular complexity index is 1560. The lowest BCUT2D eigenvalue weighted by Gasteiger charge is -2.12. The molecule has 2 aromatic heterocycles. The van der Waals surface area contributed by atoms with E-state index < -0.39 is 0 Å². The van der Waals surface area contributed by atoms with Crippen LogP contribution in [0.3, 0.4) is 0 Å². The Hall–Kier alpha value is -3.64. The highest BCUT2D eigenvalue weighted by Crippen LogP contribution is 2.22. The number of benzene rings is 3. The first-order chi connectivity index (χ1) is 16.0. The molecule has 5 nitrogen and oxygen atoms in total. The summed E-state index contributed by atoms with van der Waals surface area (Å²) in [5, 5.41) is 0. The van der Waals surface area contributed by atoms with Gasteiger partial charge >= 0.3 is 0 Å². The van der Waals surface area contributed by atoms with Gasteiger partial charge in [0, 0.05) is 5.56 Å². The summed E-state index contributed by atoms with van der Waals surface area (Å²) in [6, 6.07) is 19.8. The normalized spacial score (nSPS) is 12.0. The minimum absolute atomic E-state index is 0.0608. The molecule has 33 heavy (non-hydrogen) atoms. The first-order valence-electron chi connectivity index (χ1n) is 10.8. The minimum Gasteiger partial charge on any atom is -0.490 e. The van der Waals surface area contributed by atoms with Crippen molar-refractivity contribution in [1.82, 2.24) is 9.38 Å². The van der Waals surface area contributed by atoms with Crippen LogP contribution < -0.4 is 19.6 Å². The molecule has 166 valence electrons. The number of hydrogen-bond acceptors (Lipinski definition) is 5. The van der Waals surface area contributed by atoms with Crippen molar-refractivity contribution < 1.29 is 9.47 Å². The molecule has 0 aliphatic heterocycles. The van der Waals surface area contributed by atoms with Crippen LogP contribution in [0.15, 0.2) is 65.5 Å². The average molecular weight is 457 g/mol. The van der Waals surface area contributed by atoms with Crippen molar-refractivity contribution in [2.75, 3.05) is 13.2 Å². The monoisotopic (exact) mass is 456 g/mol. The maximum absolute atomic E-state index is 13.1. The highest BCUT2D eigenvalue weighted by molar-refractivity contribution is 7.15. The van der Waals surface area contributed by atoms with Crippen LogP contribution in [0.4, 0.5) is 0 Å². The molecule has 0 saturated heterocycles. The molecule has 3 aromatic carbocycles. The maximum Gasteiger partial charge on any atom is 0.274 e. The van der Waals surface area contributed by atoms with Crippen LogP contribution in [-0.2, 0) is 0 Å². The van der Waals surface area contributed by atoms with Crippen molar-refractivity contribution in [3.63, 3.8) is 0 Å². The second-order valence-corrected chi connectivity index (χ2v) is 9.21. The van der Waals surface area contributed by atoms with Crippen molar-refractivity contribution in [3.05, 3.63) is 97.8 Å². The van der Waals surface area contributed by atoms with E-state index >= 15 is 0 Å². The van der Waals surface area contributed by atoms with Crippen molar-refractivity contribution >= 4 is 33.4 Å². The first-order valence-corrected chi connectivity index (χ1v) is 11.7. The highest BCUT2D eigenvalue weighted by Gasteiger charge is 2.11. The van der Waals surface area contributed by atoms with E-state index in [9.17, 15) is 4.79 Å². The molecule has 0 bridgehead atoms. The van der Waals surface area contributed by atoms with Gasteiger partial charge in [-0.05, 0) is 74.4 Å². The summed E-state index contributed by atoms with van der Waals surface area (Å²) in [5.41, 5.74) is 5.91. The molecule has 0 saturated carbocycles. The number of aryl methyl sites for hydroxylation is 3. The van der Waals surface area contributed by atoms with Gasteiger partial charge in [0.15, 0.2) is 4.96 Å². The Balaban J connectivity index is 1.40. The van der Waals surface area contributed by atoms with Gasteiger partial charge in [-0.3, -0.25) is 4.79 Å². The van der Waals surface area contributed by atoms with E-state index in [0.717, 1.165) is 33.7 Å². The number of para-hydroxylation sites is 2. The lowest BCUT2D eigenvalue weighted by atomic mass is 10.1. The van der Waals surface area contributed by atoms with E-state index in [2.05, 4.69) is 24.9 Å². The molecule has 5 rings (SSSR count). The summed E-state index contributed by atoms with van der Waals surface area (Å²) in [6.07, 6.45) is 1.89. The van der Waals surface area contributed by atoms with E-state index in [1.807, 2.05) is 67.6 Å². The average Bonchev–Trinajstić information content (AvgIpc) is 3.28. The number of hydrogen-bond donors (Lipinski definition) is 0. The van der Waals surface area contributed by atoms with Gasteiger partial charge in [0.1, 0.15) is 24.7 Å². The molecule has 0 amide bonds. The Morgan fingerprint density at radius 1 is 0.909 bits per heavy atom. The molecule has 0 spiro atoms. The molecule has 0 fully saturated rings. The Morgan fingerprint density at radius 3 is 2.48 bits per heavy atom. The molecule has 0 aliphatic rings. The van der Waals surface area contributed by atoms with E-state index in [0.29, 0.717) is 22.7 Å². The van der Waals surface area contributed by atoms with E-state index in [4.69, 9.17) is 9.47 Å². The second-order valence-electron chi connectivity index (χ2n) is 8.20. The van der Waals surface area contributed by atoms with E-state index in [1.54, 1.807) is 4.40 Å². The van der Waals surface area contributed by atoms with Crippen LogP contribution >= 0.6 is 11.3 Å². The molecule has 0 atom stereocenters. The van der Waals surface area contributed by atoms with Crippen LogP contribution in [0.1, 0.15) is 22.3 Å². The number of imidazole rings is 1. The van der Waals surface area contributed by atoms with Gasteiger partial charge in [-0.2, -0.15) is 0 Å². The Labute approximate surface area is 195 Å². The Kier molecular flexibility index (Phi) is 5.60. The van der Waals surface area contributed by atoms with Gasteiger partial charge < -0.3 is 9.47 Å². The van der Waals surface area contributed by atoms with Gasteiger partial charge in [0.05, 0.1) is 15.6 Å². The third kappa shape index (κ3) is 4.34. The molecule has 6 heteroatoms. The fourth-order valence-electron chi connectivity index (χ4n) is 3.99. The molecule has 0 N–H and O–H groups in total. The summed E-state index contributed by atoms with van der Waals surface area (Å²) in [6.45, 7) is 6.97. The lowest BCUT2D eigenvalue weighted by molar-refractivity contribution is 0.216. The fourth-order valence-corrected chi connectivity index (χ4v) is 4.97. The van der Waals surface area contributed by atoms with E-state index in [1.165, 1.54) is 22.5 Å². The van der Waals surface area contributed by atoms with Crippen molar-refractivity contribution in [1.29, 1.82) is 0 Å². The highest BCUT2D eigenvalue weighted by atomic mass is 32.1. The first kappa shape index (κ1) is 21.2. The third-order valence-electron chi connectivity index (χ3n) is 5.40. The summed E-state index contributed by atoms with van der Waals surface area (Å²) >= 11 is 1.39. The minimum atomic E-state index is -0.0608. The van der Waals surface area contributed by atoms with Crippen LogP contribution in [0.5, 0.6) is 11.5 Å². The Morgan fingerprint density at radius 2 is 1.67 bits per heavy atom. The smallest absolute Gasteiger partial charge is 0.274 e. The zero-order valence-electron chi connectivity index (χ0n) is 18.8. The van der Waals surface area contributed by atoms with Crippen molar-refractivity contribution in [3.8, 4) is 11.5 Å². The molecule has 2 heterocycles. The second kappa shape index (κ2) is 8.71. The molecule has 0 aliphatic carbocycles. The van der Waals surface area contributed by atoms with Gasteiger partial charge in [-0.25, -0.2) is 9.38 Å². The SMILES string of the molecule is Cc1cc(C)cc(OCCOc2ccc(C)cc2/C=c2\sc3nc4ccccc4n3c2=O)c1. The van der Waals surface area contributed by atoms with Crippen LogP contribution in [0.2, 0.25) is 0 Å². The van der Waals surface area contributed by atoms with Crippen LogP contribution in [-0.4, -0.2) is 22.6 Å². The summed E-state index contributed by atoms with van der Waals surface area (Å²) in [5.74, 6) is 1.57. The predicted octanol–water partition coefficient (Wildman–Crippen LogP) is 4.84. The quantitative estimate of drug-likeness (QED) is 0.343. The standard InChI is InChI=1S/C27H24N2O3S/c1-17-8-9-24(32-11-10-31-21-14-18(2)12-19(3)15-21)20(13-17)16-25-26(30)29-23-7-5-4-6-22(23)28-27(29)33-25/h4-9,12-16H,10-11H2,1-3H3/b25-16-. The summed E-state index contributed by atoms with van der Waals surface area (Å²) in [7, 11) is 0. The number of ether oxygens (including phenoxy) is 2. The van der Waals surface area contributed by atoms with Crippen molar-refractivity contribution in [2.24, 2.45) is 0 Å². The predicted molar refractivity (Wildman–Crippen MR) is 134 cm³/mol. The fraction of sp³-hybridized carbons (Fsp3) is 0.185. The van der Waals surface area contributed by atoms with Gasteiger partial charge in [-0.15, -0.1) is 0 Å². The number of rotatable bonds is 6. The third-order valence-corrected chi connectivity index (χ3v) is 6.37. The molecule has 0 unspecified atom stereocenters. The number of thiazole rings is 1. The van der Waals surface area contributed by atoms with E-state index in [-0.39, 0.29) is 5.56 Å². The molecular weight excluding hydrogens is 432 g/mol. The van der Waals surface area contributed by atoms with Gasteiger partial charge in [0.25, 0.3) is 5.56 Å². The topological polar surface area (TPSA) is 52.8 Å².